The molecule has 3 heteroatoms. The van der Waals surface area contributed by atoms with Crippen LogP contribution in [0.5, 0.6) is 0 Å². The molecule has 0 spiro atoms. The second-order valence-corrected chi connectivity index (χ2v) is 5.66. The van der Waals surface area contributed by atoms with E-state index in [1.165, 1.54) is 6.42 Å². The molecule has 0 bridgehead atoms. The quantitative estimate of drug-likeness (QED) is 0.708. The first-order valence-electron chi connectivity index (χ1n) is 5.37. The van der Waals surface area contributed by atoms with E-state index in [4.69, 9.17) is 0 Å². The molecule has 13 heavy (non-hydrogen) atoms. The molecular weight excluding hydrogens is 183 g/mol. The van der Waals surface area contributed by atoms with Crippen LogP contribution in [-0.2, 0) is 4.57 Å². The van der Waals surface area contributed by atoms with E-state index in [0.717, 1.165) is 44.9 Å². The molecule has 76 valence electrons. The number of hydrogen-bond acceptors (Lipinski definition) is 1. The first kappa shape index (κ1) is 11.1. The van der Waals surface area contributed by atoms with Gasteiger partial charge in [-0.15, -0.1) is 0 Å². The normalized spacial score (nSPS) is 22.8. The highest BCUT2D eigenvalue weighted by Gasteiger charge is 2.48. The Morgan fingerprint density at radius 3 is 2.38 bits per heavy atom. The molecule has 2 nitrogen and oxygen atoms in total. The molecule has 0 radical (unpaired) electrons. The maximum atomic E-state index is 11.3. The van der Waals surface area contributed by atoms with E-state index >= 15 is 0 Å². The standard InChI is InChI=1S/C10H19O2P/c1-2-3-7-10(13(11)12)8-5-4-6-9-10/h2-9H2,1H3/p+1. The van der Waals surface area contributed by atoms with Gasteiger partial charge in [0.1, 0.15) is 0 Å². The van der Waals surface area contributed by atoms with E-state index in [1.807, 2.05) is 0 Å². The van der Waals surface area contributed by atoms with Gasteiger partial charge < -0.3 is 0 Å². The van der Waals surface area contributed by atoms with Crippen molar-refractivity contribution in [2.24, 2.45) is 0 Å². The van der Waals surface area contributed by atoms with Gasteiger partial charge in [-0.1, -0.05) is 19.8 Å². The van der Waals surface area contributed by atoms with Gasteiger partial charge in [0.2, 0.25) is 0 Å². The first-order valence-corrected chi connectivity index (χ1v) is 6.59. The summed E-state index contributed by atoms with van der Waals surface area (Å²) in [5.41, 5.74) is 0. The van der Waals surface area contributed by atoms with Crippen molar-refractivity contribution in [2.45, 2.75) is 63.4 Å². The van der Waals surface area contributed by atoms with E-state index in [-0.39, 0.29) is 5.16 Å². The number of unbranched alkanes of at least 4 members (excludes halogenated alkanes) is 1. The molecule has 1 atom stereocenters. The van der Waals surface area contributed by atoms with Crippen LogP contribution in [0.1, 0.15) is 58.3 Å². The zero-order chi connectivity index (χ0) is 9.73. The fraction of sp³-hybridized carbons (Fsp3) is 1.00. The Labute approximate surface area is 81.6 Å². The van der Waals surface area contributed by atoms with Crippen molar-refractivity contribution in [2.75, 3.05) is 0 Å². The van der Waals surface area contributed by atoms with Crippen LogP contribution in [0.2, 0.25) is 0 Å². The van der Waals surface area contributed by atoms with Crippen LogP contribution in [0.15, 0.2) is 0 Å². The third-order valence-corrected chi connectivity index (χ3v) is 4.67. The van der Waals surface area contributed by atoms with Gasteiger partial charge in [0, 0.05) is 0 Å². The summed E-state index contributed by atoms with van der Waals surface area (Å²) in [6.45, 7) is 2.14. The molecule has 0 heterocycles. The lowest BCUT2D eigenvalue weighted by Gasteiger charge is -2.25. The van der Waals surface area contributed by atoms with Gasteiger partial charge in [0.25, 0.3) is 0 Å². The summed E-state index contributed by atoms with van der Waals surface area (Å²) in [4.78, 5) is 9.36. The van der Waals surface area contributed by atoms with Crippen molar-refractivity contribution >= 4 is 8.03 Å². The highest BCUT2D eigenvalue weighted by molar-refractivity contribution is 7.40. The lowest BCUT2D eigenvalue weighted by molar-refractivity contribution is 0.327. The molecule has 0 aromatic carbocycles. The zero-order valence-corrected chi connectivity index (χ0v) is 9.35. The lowest BCUT2D eigenvalue weighted by Crippen LogP contribution is -2.27. The monoisotopic (exact) mass is 203 g/mol. The van der Waals surface area contributed by atoms with Crippen molar-refractivity contribution in [1.29, 1.82) is 0 Å². The van der Waals surface area contributed by atoms with E-state index < -0.39 is 8.03 Å². The Hall–Kier alpha value is 0.0600. The van der Waals surface area contributed by atoms with E-state index in [9.17, 15) is 9.46 Å². The van der Waals surface area contributed by atoms with E-state index in [0.29, 0.717) is 0 Å². The zero-order valence-electron chi connectivity index (χ0n) is 8.46. The van der Waals surface area contributed by atoms with Crippen LogP contribution >= 0.6 is 8.03 Å². The molecule has 1 unspecified atom stereocenters. The Balaban J connectivity index is 2.56. The minimum Gasteiger partial charge on any atom is -0.160 e. The van der Waals surface area contributed by atoms with Crippen molar-refractivity contribution in [3.05, 3.63) is 0 Å². The third kappa shape index (κ3) is 2.75. The Bertz CT molecular complexity index is 174. The van der Waals surface area contributed by atoms with Crippen LogP contribution in [0, 0.1) is 0 Å². The van der Waals surface area contributed by atoms with Gasteiger partial charge in [-0.05, 0) is 43.1 Å². The Kier molecular flexibility index (Phi) is 4.34. The molecule has 0 amide bonds. The SMILES string of the molecule is CCCCC1([P+](=O)O)CCCCC1. The summed E-state index contributed by atoms with van der Waals surface area (Å²) in [5.74, 6) is 0. The van der Waals surface area contributed by atoms with Crippen LogP contribution in [0.4, 0.5) is 0 Å². The summed E-state index contributed by atoms with van der Waals surface area (Å²) in [6.07, 6.45) is 8.66. The van der Waals surface area contributed by atoms with Crippen molar-refractivity contribution in [1.82, 2.24) is 0 Å². The second-order valence-electron chi connectivity index (χ2n) is 4.16. The summed E-state index contributed by atoms with van der Waals surface area (Å²) < 4.78 is 11.3. The van der Waals surface area contributed by atoms with E-state index in [2.05, 4.69) is 6.92 Å². The molecule has 1 N–H and O–H groups in total. The summed E-state index contributed by atoms with van der Waals surface area (Å²) in [6, 6.07) is 0. The van der Waals surface area contributed by atoms with Crippen LogP contribution < -0.4 is 0 Å². The first-order chi connectivity index (χ1) is 6.21. The van der Waals surface area contributed by atoms with E-state index in [1.54, 1.807) is 0 Å². The lowest BCUT2D eigenvalue weighted by atomic mass is 9.85. The largest absolute Gasteiger partial charge is 0.511 e. The molecule has 1 aliphatic rings. The molecule has 1 aliphatic carbocycles. The van der Waals surface area contributed by atoms with Gasteiger partial charge in [-0.2, -0.15) is 4.89 Å². The topological polar surface area (TPSA) is 37.3 Å². The highest BCUT2D eigenvalue weighted by Crippen LogP contribution is 2.49. The van der Waals surface area contributed by atoms with Crippen molar-refractivity contribution in [3.63, 3.8) is 0 Å². The van der Waals surface area contributed by atoms with Crippen LogP contribution in [-0.4, -0.2) is 10.0 Å². The summed E-state index contributed by atoms with van der Waals surface area (Å²) in [7, 11) is -1.96. The van der Waals surface area contributed by atoms with Gasteiger partial charge >= 0.3 is 8.03 Å². The molecule has 1 rings (SSSR count). The van der Waals surface area contributed by atoms with Gasteiger partial charge in [0.05, 0.1) is 0 Å². The maximum Gasteiger partial charge on any atom is 0.511 e. The number of hydrogen-bond donors (Lipinski definition) is 1. The Morgan fingerprint density at radius 1 is 1.31 bits per heavy atom. The van der Waals surface area contributed by atoms with Gasteiger partial charge in [-0.25, -0.2) is 0 Å². The predicted molar refractivity (Wildman–Crippen MR) is 55.2 cm³/mol. The summed E-state index contributed by atoms with van der Waals surface area (Å²) >= 11 is 0. The van der Waals surface area contributed by atoms with Crippen LogP contribution in [0.3, 0.4) is 0 Å². The molecule has 0 aromatic rings. The minimum atomic E-state index is -1.96. The minimum absolute atomic E-state index is 0.205. The fourth-order valence-corrected chi connectivity index (χ4v) is 3.30. The average molecular weight is 203 g/mol. The predicted octanol–water partition coefficient (Wildman–Crippen LogP) is 3.61. The molecule has 0 saturated heterocycles. The van der Waals surface area contributed by atoms with Crippen molar-refractivity contribution in [3.8, 4) is 0 Å². The maximum absolute atomic E-state index is 11.3. The molecule has 0 aromatic heterocycles. The molecule has 1 fully saturated rings. The Morgan fingerprint density at radius 2 is 1.92 bits per heavy atom. The fourth-order valence-electron chi connectivity index (χ4n) is 2.25. The number of rotatable bonds is 4. The highest BCUT2D eigenvalue weighted by atomic mass is 31.1. The molecule has 1 saturated carbocycles. The molecule has 0 aliphatic heterocycles. The smallest absolute Gasteiger partial charge is 0.160 e. The van der Waals surface area contributed by atoms with Crippen LogP contribution in [0.25, 0.3) is 0 Å². The molecular formula is C10H20O2P+. The average Bonchev–Trinajstić information content (AvgIpc) is 2.16. The van der Waals surface area contributed by atoms with Gasteiger partial charge in [0.15, 0.2) is 5.16 Å². The van der Waals surface area contributed by atoms with Gasteiger partial charge in [-0.3, -0.25) is 0 Å². The second kappa shape index (κ2) is 5.07. The summed E-state index contributed by atoms with van der Waals surface area (Å²) in [5, 5.41) is -0.205. The third-order valence-electron chi connectivity index (χ3n) is 3.19. The van der Waals surface area contributed by atoms with Crippen molar-refractivity contribution < 1.29 is 9.46 Å².